The molecule has 1 amide bonds. The Bertz CT molecular complexity index is 438. The molecule has 0 aromatic heterocycles. The summed E-state index contributed by atoms with van der Waals surface area (Å²) in [5.74, 6) is -0.0587. The van der Waals surface area contributed by atoms with Gasteiger partial charge in [0.15, 0.2) is 0 Å². The van der Waals surface area contributed by atoms with Crippen molar-refractivity contribution in [1.29, 1.82) is 0 Å². The van der Waals surface area contributed by atoms with Gasteiger partial charge < -0.3 is 16.0 Å². The third-order valence-corrected chi connectivity index (χ3v) is 4.03. The Morgan fingerprint density at radius 2 is 2.00 bits per heavy atom. The average molecular weight is 340 g/mol. The smallest absolute Gasteiger partial charge is 0.251 e. The zero-order valence-corrected chi connectivity index (χ0v) is 13.3. The molecular weight excluding hydrogens is 318 g/mol. The molecule has 0 bridgehead atoms. The van der Waals surface area contributed by atoms with Crippen molar-refractivity contribution in [3.05, 3.63) is 28.2 Å². The maximum atomic E-state index is 12.0. The van der Waals surface area contributed by atoms with Crippen LogP contribution in [-0.4, -0.2) is 37.0 Å². The van der Waals surface area contributed by atoms with Crippen molar-refractivity contribution in [2.24, 2.45) is 0 Å². The third-order valence-electron chi connectivity index (χ3n) is 3.57. The van der Waals surface area contributed by atoms with Crippen molar-refractivity contribution in [3.63, 3.8) is 0 Å². The normalized spacial score (nSPS) is 16.1. The van der Waals surface area contributed by atoms with Gasteiger partial charge in [-0.15, -0.1) is 0 Å². The molecule has 0 atom stereocenters. The second-order valence-corrected chi connectivity index (χ2v) is 6.20. The van der Waals surface area contributed by atoms with Crippen molar-refractivity contribution in [2.75, 3.05) is 31.9 Å². The Hall–Kier alpha value is -1.07. The van der Waals surface area contributed by atoms with Crippen LogP contribution >= 0.6 is 15.9 Å². The fraction of sp³-hybridized carbons (Fsp3) is 0.533. The molecule has 1 fully saturated rings. The van der Waals surface area contributed by atoms with Gasteiger partial charge in [-0.25, -0.2) is 0 Å². The molecule has 0 saturated carbocycles. The van der Waals surface area contributed by atoms with Gasteiger partial charge >= 0.3 is 0 Å². The highest BCUT2D eigenvalue weighted by Crippen LogP contribution is 2.17. The van der Waals surface area contributed by atoms with Crippen LogP contribution in [0.15, 0.2) is 22.7 Å². The van der Waals surface area contributed by atoms with Crippen LogP contribution < -0.4 is 11.1 Å². The van der Waals surface area contributed by atoms with Crippen molar-refractivity contribution >= 4 is 27.5 Å². The van der Waals surface area contributed by atoms with Crippen LogP contribution in [0.3, 0.4) is 0 Å². The Labute approximate surface area is 128 Å². The van der Waals surface area contributed by atoms with Gasteiger partial charge in [-0.05, 0) is 57.1 Å². The van der Waals surface area contributed by atoms with Gasteiger partial charge in [0.2, 0.25) is 0 Å². The molecule has 0 aliphatic carbocycles. The van der Waals surface area contributed by atoms with Crippen molar-refractivity contribution in [2.45, 2.75) is 25.7 Å². The minimum absolute atomic E-state index is 0.0587. The van der Waals surface area contributed by atoms with Crippen LogP contribution in [0, 0.1) is 0 Å². The van der Waals surface area contributed by atoms with E-state index in [0.717, 1.165) is 17.4 Å². The van der Waals surface area contributed by atoms with Crippen LogP contribution in [0.25, 0.3) is 0 Å². The number of benzene rings is 1. The lowest BCUT2D eigenvalue weighted by molar-refractivity contribution is 0.0951. The van der Waals surface area contributed by atoms with Crippen LogP contribution in [0.2, 0.25) is 0 Å². The molecule has 3 N–H and O–H groups in total. The molecule has 1 aromatic carbocycles. The molecule has 4 nitrogen and oxygen atoms in total. The summed E-state index contributed by atoms with van der Waals surface area (Å²) in [6, 6.07) is 5.27. The first kappa shape index (κ1) is 15.3. The summed E-state index contributed by atoms with van der Waals surface area (Å²) in [6.07, 6.45) is 4.97. The quantitative estimate of drug-likeness (QED) is 0.640. The monoisotopic (exact) mass is 339 g/mol. The number of anilines is 1. The van der Waals surface area contributed by atoms with E-state index in [1.807, 2.05) is 0 Å². The number of nitrogens with one attached hydrogen (secondary N) is 1. The number of amides is 1. The lowest BCUT2D eigenvalue weighted by Crippen LogP contribution is -2.33. The van der Waals surface area contributed by atoms with Crippen LogP contribution in [0.4, 0.5) is 5.69 Å². The van der Waals surface area contributed by atoms with Gasteiger partial charge in [-0.2, -0.15) is 0 Å². The molecule has 2 rings (SSSR count). The summed E-state index contributed by atoms with van der Waals surface area (Å²) in [5.41, 5.74) is 6.93. The molecule has 5 heteroatoms. The van der Waals surface area contributed by atoms with Gasteiger partial charge in [0.05, 0.1) is 0 Å². The molecule has 1 heterocycles. The van der Waals surface area contributed by atoms with Crippen LogP contribution in [0.5, 0.6) is 0 Å². The van der Waals surface area contributed by atoms with E-state index in [4.69, 9.17) is 5.73 Å². The zero-order valence-electron chi connectivity index (χ0n) is 11.7. The van der Waals surface area contributed by atoms with E-state index in [1.165, 1.54) is 32.4 Å². The molecule has 1 aliphatic rings. The second-order valence-electron chi connectivity index (χ2n) is 5.28. The number of hydrogen-bond acceptors (Lipinski definition) is 3. The highest BCUT2D eigenvalue weighted by Gasteiger charge is 2.10. The number of nitrogen functional groups attached to an aromatic ring is 1. The van der Waals surface area contributed by atoms with E-state index in [0.29, 0.717) is 17.8 Å². The van der Waals surface area contributed by atoms with Crippen molar-refractivity contribution < 1.29 is 4.79 Å². The average Bonchev–Trinajstić information content (AvgIpc) is 2.43. The van der Waals surface area contributed by atoms with Gasteiger partial charge in [-0.3, -0.25) is 4.79 Å². The Morgan fingerprint density at radius 3 is 2.70 bits per heavy atom. The molecule has 0 unspecified atom stereocenters. The minimum Gasteiger partial charge on any atom is -0.399 e. The maximum Gasteiger partial charge on any atom is 0.251 e. The van der Waals surface area contributed by atoms with Crippen LogP contribution in [-0.2, 0) is 0 Å². The third kappa shape index (κ3) is 4.80. The minimum atomic E-state index is -0.0587. The number of nitrogens with two attached hydrogens (primary N) is 1. The predicted molar refractivity (Wildman–Crippen MR) is 85.8 cm³/mol. The van der Waals surface area contributed by atoms with E-state index < -0.39 is 0 Å². The fourth-order valence-corrected chi connectivity index (χ4v) is 3.04. The zero-order chi connectivity index (χ0) is 14.4. The number of rotatable bonds is 5. The molecule has 0 spiro atoms. The molecular formula is C15H22BrN3O. The summed E-state index contributed by atoms with van der Waals surface area (Å²) in [7, 11) is 0. The van der Waals surface area contributed by atoms with Gasteiger partial charge in [0.25, 0.3) is 5.91 Å². The van der Waals surface area contributed by atoms with E-state index in [2.05, 4.69) is 26.1 Å². The Morgan fingerprint density at radius 1 is 1.25 bits per heavy atom. The largest absolute Gasteiger partial charge is 0.399 e. The maximum absolute atomic E-state index is 12.0. The lowest BCUT2D eigenvalue weighted by Gasteiger charge is -2.26. The summed E-state index contributed by atoms with van der Waals surface area (Å²) in [4.78, 5) is 14.5. The summed E-state index contributed by atoms with van der Waals surface area (Å²) in [5, 5.41) is 2.95. The number of nitrogens with zero attached hydrogens (tertiary/aromatic N) is 1. The SMILES string of the molecule is Nc1cc(Br)cc(C(=O)NCCCN2CCCCC2)c1. The van der Waals surface area contributed by atoms with E-state index in [-0.39, 0.29) is 5.91 Å². The van der Waals surface area contributed by atoms with Crippen LogP contribution in [0.1, 0.15) is 36.0 Å². The Kier molecular flexibility index (Phi) is 5.86. The second kappa shape index (κ2) is 7.64. The summed E-state index contributed by atoms with van der Waals surface area (Å²) in [6.45, 7) is 4.19. The van der Waals surface area contributed by atoms with Gasteiger partial charge in [0.1, 0.15) is 0 Å². The molecule has 0 radical (unpaired) electrons. The molecule has 1 aromatic rings. The fourth-order valence-electron chi connectivity index (χ4n) is 2.53. The molecule has 1 aliphatic heterocycles. The molecule has 110 valence electrons. The summed E-state index contributed by atoms with van der Waals surface area (Å²) < 4.78 is 0.830. The van der Waals surface area contributed by atoms with Gasteiger partial charge in [0, 0.05) is 22.3 Å². The topological polar surface area (TPSA) is 58.4 Å². The van der Waals surface area contributed by atoms with Gasteiger partial charge in [-0.1, -0.05) is 22.4 Å². The number of carbonyl (C=O) groups excluding carboxylic acids is 1. The highest BCUT2D eigenvalue weighted by atomic mass is 79.9. The Balaban J connectivity index is 1.71. The first-order chi connectivity index (χ1) is 9.65. The van der Waals surface area contributed by atoms with E-state index >= 15 is 0 Å². The first-order valence-corrected chi connectivity index (χ1v) is 8.01. The molecule has 1 saturated heterocycles. The predicted octanol–water partition coefficient (Wildman–Crippen LogP) is 2.64. The number of piperidine rings is 1. The first-order valence-electron chi connectivity index (χ1n) is 7.22. The van der Waals surface area contributed by atoms with Crippen molar-refractivity contribution in [3.8, 4) is 0 Å². The van der Waals surface area contributed by atoms with E-state index in [1.54, 1.807) is 18.2 Å². The lowest BCUT2D eigenvalue weighted by atomic mass is 10.1. The number of likely N-dealkylation sites (tertiary alicyclic amines) is 1. The standard InChI is InChI=1S/C15H22BrN3O/c16-13-9-12(10-14(17)11-13)15(20)18-5-4-8-19-6-2-1-3-7-19/h9-11H,1-8,17H2,(H,18,20). The number of carbonyl (C=O) groups is 1. The van der Waals surface area contributed by atoms with E-state index in [9.17, 15) is 4.79 Å². The number of hydrogen-bond donors (Lipinski definition) is 2. The summed E-state index contributed by atoms with van der Waals surface area (Å²) >= 11 is 3.35. The number of halogens is 1. The molecule has 20 heavy (non-hydrogen) atoms. The van der Waals surface area contributed by atoms with Crippen molar-refractivity contribution in [1.82, 2.24) is 10.2 Å². The highest BCUT2D eigenvalue weighted by molar-refractivity contribution is 9.10.